The van der Waals surface area contributed by atoms with Crippen LogP contribution in [0.3, 0.4) is 0 Å². The fourth-order valence-electron chi connectivity index (χ4n) is 1.38. The van der Waals surface area contributed by atoms with Gasteiger partial charge in [-0.05, 0) is 25.7 Å². The number of hydrogen-bond acceptors (Lipinski definition) is 2. The summed E-state index contributed by atoms with van der Waals surface area (Å²) < 4.78 is 0. The van der Waals surface area contributed by atoms with Crippen molar-refractivity contribution in [3.63, 3.8) is 0 Å². The molecule has 0 aromatic carbocycles. The van der Waals surface area contributed by atoms with Crippen molar-refractivity contribution in [2.75, 3.05) is 0 Å². The second-order valence-corrected chi connectivity index (χ2v) is 2.77. The third-order valence-electron chi connectivity index (χ3n) is 1.98. The fourth-order valence-corrected chi connectivity index (χ4v) is 1.38. The van der Waals surface area contributed by atoms with Crippen LogP contribution in [0.15, 0.2) is 11.1 Å². The first-order chi connectivity index (χ1) is 5.63. The van der Waals surface area contributed by atoms with Crippen molar-refractivity contribution in [3.8, 4) is 0 Å². The molecule has 0 bridgehead atoms. The Balaban J connectivity index is 0. The van der Waals surface area contributed by atoms with Crippen LogP contribution in [0.1, 0.15) is 25.7 Å². The second-order valence-electron chi connectivity index (χ2n) is 2.77. The van der Waals surface area contributed by atoms with Gasteiger partial charge in [0.25, 0.3) is 0 Å². The Hall–Kier alpha value is 0.161. The number of carboxylic acids is 2. The topological polar surface area (TPSA) is 74.6 Å². The molecule has 1 aliphatic rings. The standard InChI is InChI=1S/C8H10O4.2Ag/c9-7(10)5-3-1-2-4-6(5)8(11)12;;/h1-4H2,(H,9,10)(H,11,12);;. The van der Waals surface area contributed by atoms with Crippen molar-refractivity contribution in [2.45, 2.75) is 25.7 Å². The van der Waals surface area contributed by atoms with E-state index in [1.54, 1.807) is 0 Å². The quantitative estimate of drug-likeness (QED) is 0.696. The minimum absolute atomic E-state index is 0. The van der Waals surface area contributed by atoms with Gasteiger partial charge in [0.05, 0.1) is 0 Å². The Bertz CT molecular complexity index is 234. The van der Waals surface area contributed by atoms with E-state index < -0.39 is 11.9 Å². The van der Waals surface area contributed by atoms with Crippen molar-refractivity contribution in [2.24, 2.45) is 0 Å². The molecule has 0 fully saturated rings. The molecule has 0 spiro atoms. The zero-order valence-corrected chi connectivity index (χ0v) is 10.1. The first-order valence-corrected chi connectivity index (χ1v) is 3.81. The first kappa shape index (κ1) is 16.6. The summed E-state index contributed by atoms with van der Waals surface area (Å²) in [6, 6.07) is 0. The van der Waals surface area contributed by atoms with Gasteiger partial charge < -0.3 is 10.2 Å². The SMILES string of the molecule is O=C(O)C1=C(C(=O)O)CCCC1.[Ag].[Ag]. The molecule has 14 heavy (non-hydrogen) atoms. The summed E-state index contributed by atoms with van der Waals surface area (Å²) in [6.07, 6.45) is 2.32. The molecule has 0 unspecified atom stereocenters. The van der Waals surface area contributed by atoms with Crippen molar-refractivity contribution < 1.29 is 64.6 Å². The summed E-state index contributed by atoms with van der Waals surface area (Å²) in [7, 11) is 0. The number of carboxylic acid groups (broad SMARTS) is 2. The molecule has 0 aromatic rings. The van der Waals surface area contributed by atoms with E-state index in [1.807, 2.05) is 0 Å². The largest absolute Gasteiger partial charge is 0.478 e. The average molecular weight is 386 g/mol. The molecule has 0 amide bonds. The van der Waals surface area contributed by atoms with Crippen LogP contribution in [0.5, 0.6) is 0 Å². The maximum absolute atomic E-state index is 10.5. The van der Waals surface area contributed by atoms with Crippen molar-refractivity contribution in [3.05, 3.63) is 11.1 Å². The van der Waals surface area contributed by atoms with E-state index in [4.69, 9.17) is 10.2 Å². The monoisotopic (exact) mass is 384 g/mol. The molecule has 1 rings (SSSR count). The van der Waals surface area contributed by atoms with Gasteiger partial charge in [-0.25, -0.2) is 9.59 Å². The summed E-state index contributed by atoms with van der Waals surface area (Å²) in [6.45, 7) is 0. The number of aliphatic carboxylic acids is 2. The summed E-state index contributed by atoms with van der Waals surface area (Å²) in [5, 5.41) is 17.3. The van der Waals surface area contributed by atoms with Gasteiger partial charge in [0.2, 0.25) is 0 Å². The van der Waals surface area contributed by atoms with E-state index >= 15 is 0 Å². The molecule has 88 valence electrons. The Morgan fingerprint density at radius 2 is 1.14 bits per heavy atom. The van der Waals surface area contributed by atoms with Gasteiger partial charge in [0.15, 0.2) is 0 Å². The van der Waals surface area contributed by atoms with Crippen LogP contribution in [-0.4, -0.2) is 22.2 Å². The zero-order chi connectivity index (χ0) is 9.14. The summed E-state index contributed by atoms with van der Waals surface area (Å²) in [5.74, 6) is -2.18. The molecule has 0 atom stereocenters. The second kappa shape index (κ2) is 7.45. The number of rotatable bonds is 2. The predicted molar refractivity (Wildman–Crippen MR) is 40.8 cm³/mol. The van der Waals surface area contributed by atoms with Crippen molar-refractivity contribution in [1.29, 1.82) is 0 Å². The Labute approximate surface area is 113 Å². The normalized spacial score (nSPS) is 15.1. The third-order valence-corrected chi connectivity index (χ3v) is 1.98. The first-order valence-electron chi connectivity index (χ1n) is 3.81. The molecule has 0 saturated carbocycles. The van der Waals surface area contributed by atoms with E-state index in [-0.39, 0.29) is 55.9 Å². The average Bonchev–Trinajstić information content (AvgIpc) is 2.04. The summed E-state index contributed by atoms with van der Waals surface area (Å²) in [4.78, 5) is 21.1. The smallest absolute Gasteiger partial charge is 0.332 e. The molecule has 0 aliphatic heterocycles. The van der Waals surface area contributed by atoms with Crippen LogP contribution >= 0.6 is 0 Å². The maximum atomic E-state index is 10.5. The molecule has 0 saturated heterocycles. The molecule has 4 nitrogen and oxygen atoms in total. The maximum Gasteiger partial charge on any atom is 0.332 e. The van der Waals surface area contributed by atoms with E-state index in [1.165, 1.54) is 0 Å². The van der Waals surface area contributed by atoms with Crippen LogP contribution in [0.2, 0.25) is 0 Å². The third kappa shape index (κ3) is 4.13. The predicted octanol–water partition coefficient (Wildman–Crippen LogP) is 1.02. The molecular weight excluding hydrogens is 376 g/mol. The van der Waals surface area contributed by atoms with Crippen molar-refractivity contribution in [1.82, 2.24) is 0 Å². The van der Waals surface area contributed by atoms with Crippen LogP contribution in [0.25, 0.3) is 0 Å². The van der Waals surface area contributed by atoms with E-state index in [2.05, 4.69) is 0 Å². The van der Waals surface area contributed by atoms with Crippen LogP contribution in [0.4, 0.5) is 0 Å². The fraction of sp³-hybridized carbons (Fsp3) is 0.500. The van der Waals surface area contributed by atoms with Gasteiger partial charge >= 0.3 is 11.9 Å². The Morgan fingerprint density at radius 1 is 0.857 bits per heavy atom. The van der Waals surface area contributed by atoms with Crippen LogP contribution in [-0.2, 0) is 54.3 Å². The molecule has 2 N–H and O–H groups in total. The summed E-state index contributed by atoms with van der Waals surface area (Å²) >= 11 is 0. The minimum atomic E-state index is -1.09. The Kier molecular flexibility index (Phi) is 8.83. The minimum Gasteiger partial charge on any atom is -0.478 e. The van der Waals surface area contributed by atoms with Crippen molar-refractivity contribution >= 4 is 11.9 Å². The Morgan fingerprint density at radius 3 is 1.36 bits per heavy atom. The van der Waals surface area contributed by atoms with Gasteiger partial charge in [0.1, 0.15) is 0 Å². The van der Waals surface area contributed by atoms with Gasteiger partial charge in [-0.2, -0.15) is 0 Å². The molecule has 6 heteroatoms. The van der Waals surface area contributed by atoms with Gasteiger partial charge in [0, 0.05) is 55.9 Å². The zero-order valence-electron chi connectivity index (χ0n) is 7.14. The van der Waals surface area contributed by atoms with Crippen LogP contribution < -0.4 is 0 Å². The number of carbonyl (C=O) groups is 2. The molecular formula is C8H10Ag2O4. The van der Waals surface area contributed by atoms with Gasteiger partial charge in [-0.1, -0.05) is 0 Å². The molecule has 1 aliphatic carbocycles. The van der Waals surface area contributed by atoms with Gasteiger partial charge in [-0.15, -0.1) is 0 Å². The van der Waals surface area contributed by atoms with E-state index in [0.717, 1.165) is 12.8 Å². The van der Waals surface area contributed by atoms with E-state index in [0.29, 0.717) is 12.8 Å². The molecule has 0 heterocycles. The molecule has 0 aromatic heterocycles. The number of hydrogen-bond donors (Lipinski definition) is 2. The van der Waals surface area contributed by atoms with Crippen LogP contribution in [0, 0.1) is 0 Å². The molecule has 2 radical (unpaired) electrons. The summed E-state index contributed by atoms with van der Waals surface area (Å²) in [5.41, 5.74) is 0.155. The van der Waals surface area contributed by atoms with Gasteiger partial charge in [-0.3, -0.25) is 0 Å². The van der Waals surface area contributed by atoms with E-state index in [9.17, 15) is 9.59 Å².